The van der Waals surface area contributed by atoms with Crippen LogP contribution in [-0.2, 0) is 22.0 Å². The predicted octanol–water partition coefficient (Wildman–Crippen LogP) is 2.29. The van der Waals surface area contributed by atoms with Gasteiger partial charge in [0.25, 0.3) is 0 Å². The maximum absolute atomic E-state index is 12.2. The van der Waals surface area contributed by atoms with E-state index >= 15 is 0 Å². The lowest BCUT2D eigenvalue weighted by atomic mass is 10.0. The zero-order valence-corrected chi connectivity index (χ0v) is 14.4. The molecule has 0 fully saturated rings. The molecule has 7 heteroatoms. The minimum atomic E-state index is -3.54. The van der Waals surface area contributed by atoms with Gasteiger partial charge < -0.3 is 9.63 Å². The van der Waals surface area contributed by atoms with Crippen LogP contribution in [0.2, 0.25) is 0 Å². The number of aryl methyl sites for hydroxylation is 3. The van der Waals surface area contributed by atoms with Gasteiger partial charge in [-0.15, -0.1) is 0 Å². The minimum Gasteiger partial charge on any atom is -0.387 e. The Bertz CT molecular complexity index is 748. The molecule has 0 aliphatic carbocycles. The zero-order valence-electron chi connectivity index (χ0n) is 13.6. The Balaban J connectivity index is 2.07. The second kappa shape index (κ2) is 7.23. The maximum Gasteiger partial charge on any atom is 0.226 e. The molecule has 1 unspecified atom stereocenters. The van der Waals surface area contributed by atoms with Gasteiger partial charge in [-0.2, -0.15) is 4.98 Å². The molecule has 0 saturated carbocycles. The number of aliphatic hydroxyl groups excluding tert-OH is 1. The van der Waals surface area contributed by atoms with Gasteiger partial charge in [0.2, 0.25) is 5.89 Å². The Hall–Kier alpha value is -1.73. The van der Waals surface area contributed by atoms with Gasteiger partial charge in [-0.1, -0.05) is 41.4 Å². The molecule has 0 spiro atoms. The Kier molecular flexibility index (Phi) is 5.54. The summed E-state index contributed by atoms with van der Waals surface area (Å²) in [7, 11) is -3.54. The van der Waals surface area contributed by atoms with Gasteiger partial charge in [0.05, 0.1) is 11.9 Å². The second-order valence-corrected chi connectivity index (χ2v) is 7.95. The summed E-state index contributed by atoms with van der Waals surface area (Å²) in [6, 6.07) is 5.56. The van der Waals surface area contributed by atoms with E-state index in [1.165, 1.54) is 0 Å². The summed E-state index contributed by atoms with van der Waals surface area (Å²) in [5.74, 6) is -0.121. The normalized spacial score (nSPS) is 13.2. The Labute approximate surface area is 136 Å². The average molecular weight is 338 g/mol. The summed E-state index contributed by atoms with van der Waals surface area (Å²) in [5.41, 5.74) is 2.57. The summed E-state index contributed by atoms with van der Waals surface area (Å²) >= 11 is 0. The number of hydrogen-bond donors (Lipinski definition) is 1. The lowest BCUT2D eigenvalue weighted by molar-refractivity contribution is 0.201. The fourth-order valence-corrected chi connectivity index (χ4v) is 3.76. The SMILES string of the molecule is CCCc1nc(CS(=O)(=O)CC(O)c2cc(C)cc(C)c2)no1. The molecular weight excluding hydrogens is 316 g/mol. The molecule has 2 aromatic rings. The fraction of sp³-hybridized carbons (Fsp3) is 0.500. The highest BCUT2D eigenvalue weighted by molar-refractivity contribution is 7.90. The molecule has 1 N–H and O–H groups in total. The van der Waals surface area contributed by atoms with Crippen LogP contribution in [0.25, 0.3) is 0 Å². The lowest BCUT2D eigenvalue weighted by Crippen LogP contribution is -2.17. The number of hydrogen-bond acceptors (Lipinski definition) is 6. The van der Waals surface area contributed by atoms with Crippen molar-refractivity contribution >= 4 is 9.84 Å². The van der Waals surface area contributed by atoms with Gasteiger partial charge in [-0.05, 0) is 25.8 Å². The molecule has 0 radical (unpaired) electrons. The van der Waals surface area contributed by atoms with Crippen molar-refractivity contribution in [1.29, 1.82) is 0 Å². The number of sulfone groups is 1. The fourth-order valence-electron chi connectivity index (χ4n) is 2.46. The van der Waals surface area contributed by atoms with Gasteiger partial charge in [-0.3, -0.25) is 0 Å². The second-order valence-electron chi connectivity index (χ2n) is 5.85. The van der Waals surface area contributed by atoms with Crippen LogP contribution in [0.3, 0.4) is 0 Å². The number of benzene rings is 1. The van der Waals surface area contributed by atoms with E-state index in [1.807, 2.05) is 26.8 Å². The number of aliphatic hydroxyl groups is 1. The number of nitrogens with zero attached hydrogens (tertiary/aromatic N) is 2. The lowest BCUT2D eigenvalue weighted by Gasteiger charge is -2.12. The number of rotatable bonds is 7. The Morgan fingerprint density at radius 3 is 2.48 bits per heavy atom. The van der Waals surface area contributed by atoms with E-state index in [0.717, 1.165) is 17.5 Å². The van der Waals surface area contributed by atoms with Crippen LogP contribution in [-0.4, -0.2) is 29.4 Å². The van der Waals surface area contributed by atoms with Crippen molar-refractivity contribution in [3.8, 4) is 0 Å². The van der Waals surface area contributed by atoms with E-state index in [2.05, 4.69) is 10.1 Å². The molecule has 0 aliphatic rings. The molecular formula is C16H22N2O4S. The quantitative estimate of drug-likeness (QED) is 0.832. The van der Waals surface area contributed by atoms with Crippen LogP contribution >= 0.6 is 0 Å². The van der Waals surface area contributed by atoms with E-state index < -0.39 is 15.9 Å². The Morgan fingerprint density at radius 2 is 1.87 bits per heavy atom. The van der Waals surface area contributed by atoms with Gasteiger partial charge in [0, 0.05) is 6.42 Å². The summed E-state index contributed by atoms with van der Waals surface area (Å²) in [4.78, 5) is 4.05. The highest BCUT2D eigenvalue weighted by Crippen LogP contribution is 2.20. The van der Waals surface area contributed by atoms with E-state index in [9.17, 15) is 13.5 Å². The van der Waals surface area contributed by atoms with Crippen LogP contribution < -0.4 is 0 Å². The molecule has 2 rings (SSSR count). The topological polar surface area (TPSA) is 93.3 Å². The first-order valence-corrected chi connectivity index (χ1v) is 9.39. The molecule has 1 aromatic heterocycles. The first-order chi connectivity index (χ1) is 10.8. The monoisotopic (exact) mass is 338 g/mol. The molecule has 23 heavy (non-hydrogen) atoms. The summed E-state index contributed by atoms with van der Waals surface area (Å²) in [5, 5.41) is 13.9. The molecule has 0 aliphatic heterocycles. The molecule has 6 nitrogen and oxygen atoms in total. The minimum absolute atomic E-state index is 0.140. The third kappa shape index (κ3) is 5.14. The molecule has 1 aromatic carbocycles. The third-order valence-corrected chi connectivity index (χ3v) is 4.89. The van der Waals surface area contributed by atoms with E-state index in [0.29, 0.717) is 17.9 Å². The van der Waals surface area contributed by atoms with Crippen molar-refractivity contribution < 1.29 is 18.0 Å². The average Bonchev–Trinajstić information content (AvgIpc) is 2.84. The summed E-state index contributed by atoms with van der Waals surface area (Å²) in [6.07, 6.45) is 0.401. The van der Waals surface area contributed by atoms with Crippen LogP contribution in [0.5, 0.6) is 0 Å². The van der Waals surface area contributed by atoms with Gasteiger partial charge in [0.15, 0.2) is 15.7 Å². The first-order valence-electron chi connectivity index (χ1n) is 7.57. The van der Waals surface area contributed by atoms with Gasteiger partial charge in [0.1, 0.15) is 5.75 Å². The van der Waals surface area contributed by atoms with Crippen molar-refractivity contribution in [2.24, 2.45) is 0 Å². The van der Waals surface area contributed by atoms with Crippen LogP contribution in [0, 0.1) is 13.8 Å². The molecule has 0 saturated heterocycles. The van der Waals surface area contributed by atoms with E-state index in [4.69, 9.17) is 4.52 Å². The van der Waals surface area contributed by atoms with Crippen LogP contribution in [0.15, 0.2) is 22.7 Å². The van der Waals surface area contributed by atoms with Crippen LogP contribution in [0.1, 0.15) is 47.9 Å². The highest BCUT2D eigenvalue weighted by Gasteiger charge is 2.22. The highest BCUT2D eigenvalue weighted by atomic mass is 32.2. The van der Waals surface area contributed by atoms with Crippen molar-refractivity contribution in [2.45, 2.75) is 45.5 Å². The zero-order chi connectivity index (χ0) is 17.0. The molecule has 126 valence electrons. The van der Waals surface area contributed by atoms with Crippen molar-refractivity contribution in [2.75, 3.05) is 5.75 Å². The first kappa shape index (κ1) is 17.6. The smallest absolute Gasteiger partial charge is 0.226 e. The standard InChI is InChI=1S/C16H22N2O4S/c1-4-5-16-17-15(18-22-16)10-23(20,21)9-14(19)13-7-11(2)6-12(3)8-13/h6-8,14,19H,4-5,9-10H2,1-3H3. The molecule has 0 amide bonds. The van der Waals surface area contributed by atoms with Crippen molar-refractivity contribution in [1.82, 2.24) is 10.1 Å². The van der Waals surface area contributed by atoms with Crippen LogP contribution in [0.4, 0.5) is 0 Å². The van der Waals surface area contributed by atoms with Gasteiger partial charge >= 0.3 is 0 Å². The molecule has 1 heterocycles. The van der Waals surface area contributed by atoms with E-state index in [-0.39, 0.29) is 17.3 Å². The van der Waals surface area contributed by atoms with Crippen molar-refractivity contribution in [3.63, 3.8) is 0 Å². The van der Waals surface area contributed by atoms with Gasteiger partial charge in [-0.25, -0.2) is 8.42 Å². The Morgan fingerprint density at radius 1 is 1.22 bits per heavy atom. The van der Waals surface area contributed by atoms with Crippen molar-refractivity contribution in [3.05, 3.63) is 46.6 Å². The largest absolute Gasteiger partial charge is 0.387 e. The third-order valence-electron chi connectivity index (χ3n) is 3.36. The van der Waals surface area contributed by atoms with E-state index in [1.54, 1.807) is 12.1 Å². The summed E-state index contributed by atoms with van der Waals surface area (Å²) < 4.78 is 29.5. The predicted molar refractivity (Wildman–Crippen MR) is 86.7 cm³/mol. The summed E-state index contributed by atoms with van der Waals surface area (Å²) in [6.45, 7) is 5.79. The number of aromatic nitrogens is 2. The molecule has 0 bridgehead atoms. The molecule has 1 atom stereocenters. The maximum atomic E-state index is 12.2.